The maximum absolute atomic E-state index is 3.70. The molecule has 0 radical (unpaired) electrons. The van der Waals surface area contributed by atoms with Crippen molar-refractivity contribution in [3.63, 3.8) is 0 Å². The van der Waals surface area contributed by atoms with Gasteiger partial charge >= 0.3 is 0 Å². The SMILES string of the molecule is C=Cc1ccc(C=CCC)cc1. The van der Waals surface area contributed by atoms with Gasteiger partial charge in [0.15, 0.2) is 0 Å². The van der Waals surface area contributed by atoms with Gasteiger partial charge in [0.25, 0.3) is 0 Å². The molecule has 0 aliphatic carbocycles. The maximum atomic E-state index is 3.70. The van der Waals surface area contributed by atoms with Crippen molar-refractivity contribution in [2.75, 3.05) is 0 Å². The van der Waals surface area contributed by atoms with Gasteiger partial charge in [0.2, 0.25) is 0 Å². The van der Waals surface area contributed by atoms with Crippen LogP contribution in [0.25, 0.3) is 12.2 Å². The van der Waals surface area contributed by atoms with E-state index in [0.717, 1.165) is 6.42 Å². The molecule has 0 aliphatic heterocycles. The molecule has 0 aromatic heterocycles. The molecule has 0 saturated heterocycles. The predicted molar refractivity (Wildman–Crippen MR) is 55.9 cm³/mol. The highest BCUT2D eigenvalue weighted by Gasteiger charge is 1.85. The first-order chi connectivity index (χ1) is 5.86. The first-order valence-corrected chi connectivity index (χ1v) is 4.26. The van der Waals surface area contributed by atoms with Crippen molar-refractivity contribution in [1.82, 2.24) is 0 Å². The Morgan fingerprint density at radius 1 is 1.17 bits per heavy atom. The van der Waals surface area contributed by atoms with E-state index >= 15 is 0 Å². The smallest absolute Gasteiger partial charge is 0.0259 e. The fourth-order valence-electron chi connectivity index (χ4n) is 0.997. The number of rotatable bonds is 3. The van der Waals surface area contributed by atoms with Crippen LogP contribution in [0, 0.1) is 0 Å². The summed E-state index contributed by atoms with van der Waals surface area (Å²) in [7, 11) is 0. The van der Waals surface area contributed by atoms with Crippen LogP contribution in [-0.2, 0) is 0 Å². The van der Waals surface area contributed by atoms with Crippen LogP contribution in [0.2, 0.25) is 0 Å². The number of hydrogen-bond acceptors (Lipinski definition) is 0. The highest BCUT2D eigenvalue weighted by atomic mass is 13.9. The summed E-state index contributed by atoms with van der Waals surface area (Å²) in [6.45, 7) is 5.84. The maximum Gasteiger partial charge on any atom is -0.0259 e. The number of benzene rings is 1. The van der Waals surface area contributed by atoms with Crippen LogP contribution in [0.5, 0.6) is 0 Å². The van der Waals surface area contributed by atoms with E-state index < -0.39 is 0 Å². The molecule has 0 fully saturated rings. The second-order valence-electron chi connectivity index (χ2n) is 2.68. The Labute approximate surface area is 74.2 Å². The van der Waals surface area contributed by atoms with Gasteiger partial charge in [-0.15, -0.1) is 0 Å². The van der Waals surface area contributed by atoms with Gasteiger partial charge in [-0.25, -0.2) is 0 Å². The fraction of sp³-hybridized carbons (Fsp3) is 0.167. The Hall–Kier alpha value is -1.30. The minimum absolute atomic E-state index is 1.09. The normalized spacial score (nSPS) is 10.4. The first-order valence-electron chi connectivity index (χ1n) is 4.26. The summed E-state index contributed by atoms with van der Waals surface area (Å²) in [6.07, 6.45) is 7.23. The Kier molecular flexibility index (Phi) is 3.34. The molecule has 0 heterocycles. The minimum Gasteiger partial charge on any atom is -0.0985 e. The van der Waals surface area contributed by atoms with Gasteiger partial charge in [0.05, 0.1) is 0 Å². The molecule has 0 nitrogen and oxygen atoms in total. The lowest BCUT2D eigenvalue weighted by Gasteiger charge is -1.94. The van der Waals surface area contributed by atoms with Crippen LogP contribution in [0.1, 0.15) is 24.5 Å². The predicted octanol–water partition coefficient (Wildman–Crippen LogP) is 3.75. The molecule has 0 amide bonds. The Morgan fingerprint density at radius 2 is 1.75 bits per heavy atom. The third-order valence-corrected chi connectivity index (χ3v) is 1.72. The summed E-state index contributed by atoms with van der Waals surface area (Å²) < 4.78 is 0. The molecule has 0 N–H and O–H groups in total. The van der Waals surface area contributed by atoms with E-state index in [9.17, 15) is 0 Å². The molecule has 0 unspecified atom stereocenters. The van der Waals surface area contributed by atoms with Crippen LogP contribution in [0.3, 0.4) is 0 Å². The summed E-state index contributed by atoms with van der Waals surface area (Å²) in [4.78, 5) is 0. The molecule has 1 rings (SSSR count). The van der Waals surface area contributed by atoms with E-state index in [1.807, 2.05) is 6.08 Å². The summed E-state index contributed by atoms with van der Waals surface area (Å²) in [5.41, 5.74) is 2.42. The highest BCUT2D eigenvalue weighted by molar-refractivity contribution is 5.54. The van der Waals surface area contributed by atoms with E-state index in [0.29, 0.717) is 0 Å². The molecule has 0 heteroatoms. The number of allylic oxidation sites excluding steroid dienone is 1. The monoisotopic (exact) mass is 158 g/mol. The Bertz CT molecular complexity index is 265. The van der Waals surface area contributed by atoms with Gasteiger partial charge in [0, 0.05) is 0 Å². The van der Waals surface area contributed by atoms with Crippen molar-refractivity contribution in [2.45, 2.75) is 13.3 Å². The average Bonchev–Trinajstić information content (AvgIpc) is 2.15. The fourth-order valence-corrected chi connectivity index (χ4v) is 0.997. The first kappa shape index (κ1) is 8.79. The molecular formula is C12H14. The van der Waals surface area contributed by atoms with Gasteiger partial charge in [-0.1, -0.05) is 56.0 Å². The van der Waals surface area contributed by atoms with Crippen molar-refractivity contribution < 1.29 is 0 Å². The largest absolute Gasteiger partial charge is 0.0985 e. The van der Waals surface area contributed by atoms with E-state index in [2.05, 4.69) is 49.9 Å². The minimum atomic E-state index is 1.09. The van der Waals surface area contributed by atoms with Crippen LogP contribution in [-0.4, -0.2) is 0 Å². The summed E-state index contributed by atoms with van der Waals surface area (Å²) in [5.74, 6) is 0. The summed E-state index contributed by atoms with van der Waals surface area (Å²) >= 11 is 0. The van der Waals surface area contributed by atoms with E-state index in [4.69, 9.17) is 0 Å². The summed E-state index contributed by atoms with van der Waals surface area (Å²) in [5, 5.41) is 0. The zero-order chi connectivity index (χ0) is 8.81. The molecule has 1 aromatic rings. The molecule has 0 spiro atoms. The quantitative estimate of drug-likeness (QED) is 0.628. The lowest BCUT2D eigenvalue weighted by atomic mass is 10.1. The third kappa shape index (κ3) is 2.39. The molecule has 0 bridgehead atoms. The molecule has 12 heavy (non-hydrogen) atoms. The van der Waals surface area contributed by atoms with Crippen molar-refractivity contribution in [1.29, 1.82) is 0 Å². The van der Waals surface area contributed by atoms with Crippen LogP contribution < -0.4 is 0 Å². The van der Waals surface area contributed by atoms with Crippen LogP contribution in [0.4, 0.5) is 0 Å². The van der Waals surface area contributed by atoms with Crippen LogP contribution >= 0.6 is 0 Å². The average molecular weight is 158 g/mol. The highest BCUT2D eigenvalue weighted by Crippen LogP contribution is 2.07. The second-order valence-corrected chi connectivity index (χ2v) is 2.68. The standard InChI is InChI=1S/C12H14/c1-3-5-6-12-9-7-11(4-2)8-10-12/h4-10H,2-3H2,1H3. The van der Waals surface area contributed by atoms with E-state index in [-0.39, 0.29) is 0 Å². The van der Waals surface area contributed by atoms with E-state index in [1.54, 1.807) is 0 Å². The molecule has 0 atom stereocenters. The summed E-state index contributed by atoms with van der Waals surface area (Å²) in [6, 6.07) is 8.34. The van der Waals surface area contributed by atoms with Crippen molar-refractivity contribution in [3.05, 3.63) is 48.0 Å². The number of hydrogen-bond donors (Lipinski definition) is 0. The molecule has 1 aromatic carbocycles. The lowest BCUT2D eigenvalue weighted by Crippen LogP contribution is -1.73. The van der Waals surface area contributed by atoms with Crippen molar-refractivity contribution >= 4 is 12.2 Å². The molecule has 0 aliphatic rings. The topological polar surface area (TPSA) is 0 Å². The van der Waals surface area contributed by atoms with Gasteiger partial charge in [0.1, 0.15) is 0 Å². The van der Waals surface area contributed by atoms with Crippen molar-refractivity contribution in [2.24, 2.45) is 0 Å². The zero-order valence-corrected chi connectivity index (χ0v) is 7.46. The second kappa shape index (κ2) is 4.55. The lowest BCUT2D eigenvalue weighted by molar-refractivity contribution is 1.23. The van der Waals surface area contributed by atoms with Crippen LogP contribution in [0.15, 0.2) is 36.9 Å². The van der Waals surface area contributed by atoms with Gasteiger partial charge in [-0.2, -0.15) is 0 Å². The zero-order valence-electron chi connectivity index (χ0n) is 7.46. The third-order valence-electron chi connectivity index (χ3n) is 1.72. The molecule has 62 valence electrons. The van der Waals surface area contributed by atoms with Gasteiger partial charge in [-0.3, -0.25) is 0 Å². The Balaban J connectivity index is 2.77. The molecular weight excluding hydrogens is 144 g/mol. The Morgan fingerprint density at radius 3 is 2.25 bits per heavy atom. The molecule has 0 saturated carbocycles. The van der Waals surface area contributed by atoms with Gasteiger partial charge in [-0.05, 0) is 17.5 Å². The van der Waals surface area contributed by atoms with Crippen molar-refractivity contribution in [3.8, 4) is 0 Å². The van der Waals surface area contributed by atoms with Gasteiger partial charge < -0.3 is 0 Å². The van der Waals surface area contributed by atoms with E-state index in [1.165, 1.54) is 11.1 Å².